The van der Waals surface area contributed by atoms with Gasteiger partial charge in [0.25, 0.3) is 0 Å². The van der Waals surface area contributed by atoms with Gasteiger partial charge in [0.05, 0.1) is 7.11 Å². The van der Waals surface area contributed by atoms with Gasteiger partial charge in [-0.2, -0.15) is 0 Å². The molecule has 0 amide bonds. The Labute approximate surface area is 90.8 Å². The van der Waals surface area contributed by atoms with Crippen LogP contribution in [0.3, 0.4) is 0 Å². The highest BCUT2D eigenvalue weighted by Gasteiger charge is 2.12. The average molecular weight is 259 g/mol. The minimum Gasteiger partial charge on any atom is -0.467 e. The molecule has 0 bridgehead atoms. The molecule has 0 aliphatic rings. The molecule has 0 saturated heterocycles. The second-order valence-corrected chi connectivity index (χ2v) is 3.55. The lowest BCUT2D eigenvalue weighted by Crippen LogP contribution is -2.27. The van der Waals surface area contributed by atoms with E-state index in [1.165, 1.54) is 7.11 Å². The number of carbonyl (C=O) groups is 1. The number of hydrogen-bond acceptors (Lipinski definition) is 4. The Morgan fingerprint density at radius 3 is 2.93 bits per heavy atom. The molecule has 0 aliphatic carbocycles. The summed E-state index contributed by atoms with van der Waals surface area (Å²) in [6, 6.07) is 5.03. The van der Waals surface area contributed by atoms with E-state index in [-0.39, 0.29) is 5.97 Å². The topological polar surface area (TPSA) is 51.2 Å². The zero-order valence-electron chi connectivity index (χ0n) is 7.95. The molecular weight excluding hydrogens is 248 g/mol. The molecule has 1 aromatic heterocycles. The summed E-state index contributed by atoms with van der Waals surface area (Å²) in [4.78, 5) is 15.2. The predicted molar refractivity (Wildman–Crippen MR) is 57.0 cm³/mol. The summed E-state index contributed by atoms with van der Waals surface area (Å²) in [5.74, 6) is 0.323. The van der Waals surface area contributed by atoms with Gasteiger partial charge in [-0.3, -0.25) is 0 Å². The maximum absolute atomic E-state index is 11.1. The average Bonchev–Trinajstić information content (AvgIpc) is 2.16. The minimum absolute atomic E-state index is 0.313. The maximum Gasteiger partial charge on any atom is 0.328 e. The molecule has 1 aromatic rings. The Bertz CT molecular complexity index is 330. The normalized spacial score (nSPS) is 11.9. The third kappa shape index (κ3) is 2.99. The highest BCUT2D eigenvalue weighted by molar-refractivity contribution is 9.10. The van der Waals surface area contributed by atoms with Gasteiger partial charge in [0, 0.05) is 0 Å². The smallest absolute Gasteiger partial charge is 0.328 e. The molecule has 0 aromatic carbocycles. The van der Waals surface area contributed by atoms with Crippen molar-refractivity contribution in [1.82, 2.24) is 4.98 Å². The maximum atomic E-state index is 11.1. The SMILES string of the molecule is COC(=O)C(C)Nc1cccc(Br)n1. The van der Waals surface area contributed by atoms with Crippen molar-refractivity contribution in [2.45, 2.75) is 13.0 Å². The van der Waals surface area contributed by atoms with Crippen molar-refractivity contribution >= 4 is 27.7 Å². The Hall–Kier alpha value is -1.10. The van der Waals surface area contributed by atoms with Gasteiger partial charge in [-0.25, -0.2) is 9.78 Å². The highest BCUT2D eigenvalue weighted by atomic mass is 79.9. The molecule has 1 unspecified atom stereocenters. The molecule has 0 radical (unpaired) electrons. The van der Waals surface area contributed by atoms with E-state index >= 15 is 0 Å². The molecule has 1 rings (SSSR count). The number of pyridine rings is 1. The van der Waals surface area contributed by atoms with Crippen LogP contribution in [0.15, 0.2) is 22.8 Å². The van der Waals surface area contributed by atoms with Crippen LogP contribution < -0.4 is 5.32 Å². The van der Waals surface area contributed by atoms with Gasteiger partial charge in [-0.15, -0.1) is 0 Å². The molecule has 4 nitrogen and oxygen atoms in total. The van der Waals surface area contributed by atoms with E-state index in [0.717, 1.165) is 4.60 Å². The second kappa shape index (κ2) is 4.95. The summed E-state index contributed by atoms with van der Waals surface area (Å²) in [6.45, 7) is 1.72. The fraction of sp³-hybridized carbons (Fsp3) is 0.333. The standard InChI is InChI=1S/C9H11BrN2O2/c1-6(9(13)14-2)11-8-5-3-4-7(10)12-8/h3-6H,1-2H3,(H,11,12). The molecule has 1 N–H and O–H groups in total. The summed E-state index contributed by atoms with van der Waals surface area (Å²) in [5.41, 5.74) is 0. The quantitative estimate of drug-likeness (QED) is 0.664. The van der Waals surface area contributed by atoms with Crippen molar-refractivity contribution < 1.29 is 9.53 Å². The van der Waals surface area contributed by atoms with Crippen LogP contribution in [0.2, 0.25) is 0 Å². The van der Waals surface area contributed by atoms with Gasteiger partial charge in [-0.05, 0) is 35.0 Å². The predicted octanol–water partition coefficient (Wildman–Crippen LogP) is 1.82. The van der Waals surface area contributed by atoms with Gasteiger partial charge < -0.3 is 10.1 Å². The molecule has 1 heterocycles. The number of aromatic nitrogens is 1. The molecule has 5 heteroatoms. The van der Waals surface area contributed by atoms with Crippen molar-refractivity contribution in [2.24, 2.45) is 0 Å². The summed E-state index contributed by atoms with van der Waals surface area (Å²) in [6.07, 6.45) is 0. The summed E-state index contributed by atoms with van der Waals surface area (Å²) >= 11 is 3.24. The van der Waals surface area contributed by atoms with E-state index in [1.54, 1.807) is 13.0 Å². The van der Waals surface area contributed by atoms with Crippen LogP contribution in [0.1, 0.15) is 6.92 Å². The number of esters is 1. The van der Waals surface area contributed by atoms with Gasteiger partial charge in [0.15, 0.2) is 0 Å². The first-order valence-electron chi connectivity index (χ1n) is 4.10. The lowest BCUT2D eigenvalue weighted by Gasteiger charge is -2.11. The van der Waals surface area contributed by atoms with Crippen LogP contribution in [0, 0.1) is 0 Å². The van der Waals surface area contributed by atoms with Crippen molar-refractivity contribution in [1.29, 1.82) is 0 Å². The number of methoxy groups -OCH3 is 1. The van der Waals surface area contributed by atoms with E-state index in [0.29, 0.717) is 5.82 Å². The summed E-state index contributed by atoms with van der Waals surface area (Å²) in [5, 5.41) is 2.92. The third-order valence-corrected chi connectivity index (χ3v) is 2.08. The number of nitrogens with zero attached hydrogens (tertiary/aromatic N) is 1. The van der Waals surface area contributed by atoms with Crippen molar-refractivity contribution in [3.63, 3.8) is 0 Å². The van der Waals surface area contributed by atoms with Gasteiger partial charge in [0.2, 0.25) is 0 Å². The van der Waals surface area contributed by atoms with Crippen molar-refractivity contribution in [3.8, 4) is 0 Å². The zero-order valence-corrected chi connectivity index (χ0v) is 9.54. The number of anilines is 1. The van der Waals surface area contributed by atoms with Gasteiger partial charge in [-0.1, -0.05) is 6.07 Å². The first-order valence-corrected chi connectivity index (χ1v) is 4.89. The molecule has 0 saturated carbocycles. The highest BCUT2D eigenvalue weighted by Crippen LogP contribution is 2.11. The lowest BCUT2D eigenvalue weighted by molar-refractivity contribution is -0.141. The molecule has 0 spiro atoms. The van der Waals surface area contributed by atoms with E-state index in [1.807, 2.05) is 12.1 Å². The minimum atomic E-state index is -0.401. The van der Waals surface area contributed by atoms with Gasteiger partial charge >= 0.3 is 5.97 Å². The molecule has 0 fully saturated rings. The van der Waals surface area contributed by atoms with E-state index in [2.05, 4.69) is 31.0 Å². The largest absolute Gasteiger partial charge is 0.467 e. The second-order valence-electron chi connectivity index (χ2n) is 2.73. The number of hydrogen-bond donors (Lipinski definition) is 1. The number of rotatable bonds is 3. The van der Waals surface area contributed by atoms with Crippen LogP contribution in [0.4, 0.5) is 5.82 Å². The summed E-state index contributed by atoms with van der Waals surface area (Å²) in [7, 11) is 1.36. The number of ether oxygens (including phenoxy) is 1. The molecular formula is C9H11BrN2O2. The first-order chi connectivity index (χ1) is 6.63. The number of nitrogens with one attached hydrogen (secondary N) is 1. The Morgan fingerprint density at radius 2 is 2.36 bits per heavy atom. The third-order valence-electron chi connectivity index (χ3n) is 1.63. The van der Waals surface area contributed by atoms with E-state index in [9.17, 15) is 4.79 Å². The Balaban J connectivity index is 2.64. The fourth-order valence-corrected chi connectivity index (χ4v) is 1.29. The van der Waals surface area contributed by atoms with E-state index < -0.39 is 6.04 Å². The van der Waals surface area contributed by atoms with Gasteiger partial charge in [0.1, 0.15) is 16.5 Å². The zero-order chi connectivity index (χ0) is 10.6. The van der Waals surface area contributed by atoms with Crippen molar-refractivity contribution in [3.05, 3.63) is 22.8 Å². The monoisotopic (exact) mass is 258 g/mol. The first kappa shape index (κ1) is 11.0. The number of halogens is 1. The molecule has 76 valence electrons. The van der Waals surface area contributed by atoms with Crippen molar-refractivity contribution in [2.75, 3.05) is 12.4 Å². The Kier molecular flexibility index (Phi) is 3.88. The van der Waals surface area contributed by atoms with E-state index in [4.69, 9.17) is 0 Å². The Morgan fingerprint density at radius 1 is 1.64 bits per heavy atom. The van der Waals surface area contributed by atoms with Crippen LogP contribution in [0.5, 0.6) is 0 Å². The number of carbonyl (C=O) groups excluding carboxylic acids is 1. The van der Waals surface area contributed by atoms with Crippen LogP contribution in [-0.2, 0) is 9.53 Å². The van der Waals surface area contributed by atoms with Crippen LogP contribution in [0.25, 0.3) is 0 Å². The van der Waals surface area contributed by atoms with Crippen LogP contribution >= 0.6 is 15.9 Å². The summed E-state index contributed by atoms with van der Waals surface area (Å²) < 4.78 is 5.30. The van der Waals surface area contributed by atoms with Crippen LogP contribution in [-0.4, -0.2) is 24.1 Å². The molecule has 1 atom stereocenters. The molecule has 14 heavy (non-hydrogen) atoms. The lowest BCUT2D eigenvalue weighted by atomic mass is 10.3. The molecule has 0 aliphatic heterocycles. The fourth-order valence-electron chi connectivity index (χ4n) is 0.946.